The van der Waals surface area contributed by atoms with Crippen LogP contribution in [0.1, 0.15) is 127 Å². The molecule has 292 valence electrons. The van der Waals surface area contributed by atoms with E-state index in [1.807, 2.05) is 0 Å². The molecule has 4 aromatic rings. The van der Waals surface area contributed by atoms with Crippen LogP contribution in [0, 0.1) is 63.6 Å². The lowest BCUT2D eigenvalue weighted by Crippen LogP contribution is -2.48. The highest BCUT2D eigenvalue weighted by atomic mass is 35.5. The van der Waals surface area contributed by atoms with Crippen molar-refractivity contribution in [1.82, 2.24) is 0 Å². The van der Waals surface area contributed by atoms with Crippen LogP contribution in [0.15, 0.2) is 109 Å². The zero-order valence-corrected chi connectivity index (χ0v) is 36.0. The van der Waals surface area contributed by atoms with Crippen LogP contribution < -0.4 is 0 Å². The number of hydrogen-bond donors (Lipinski definition) is 0. The van der Waals surface area contributed by atoms with Crippen LogP contribution in [0.2, 0.25) is 10.0 Å². The van der Waals surface area contributed by atoms with Crippen LogP contribution in [-0.4, -0.2) is 0 Å². The van der Waals surface area contributed by atoms with Crippen LogP contribution in [0.25, 0.3) is 0 Å². The van der Waals surface area contributed by atoms with Gasteiger partial charge in [0.05, 0.1) is 0 Å². The summed E-state index contributed by atoms with van der Waals surface area (Å²) >= 11 is 13.2. The lowest BCUT2D eigenvalue weighted by atomic mass is 9.51. The van der Waals surface area contributed by atoms with Gasteiger partial charge in [0, 0.05) is 10.0 Å². The van der Waals surface area contributed by atoms with Crippen LogP contribution in [0.5, 0.6) is 0 Å². The summed E-state index contributed by atoms with van der Waals surface area (Å²) in [5, 5.41) is 1.68. The zero-order valence-electron chi connectivity index (χ0n) is 34.5. The molecule has 4 aliphatic rings. The van der Waals surface area contributed by atoms with Crippen molar-refractivity contribution >= 4 is 23.2 Å². The maximum atomic E-state index is 6.60. The Kier molecular flexibility index (Phi) is 11.2. The molecular weight excluding hydrogens is 707 g/mol. The minimum atomic E-state index is 0.145. The van der Waals surface area contributed by atoms with E-state index in [4.69, 9.17) is 23.2 Å². The van der Waals surface area contributed by atoms with Gasteiger partial charge in [0.25, 0.3) is 0 Å². The molecular formula is C53H66Cl2. The highest BCUT2D eigenvalue weighted by Gasteiger charge is 2.64. The van der Waals surface area contributed by atoms with Crippen molar-refractivity contribution in [3.8, 4) is 0 Å². The number of benzene rings is 4. The first kappa shape index (κ1) is 39.3. The van der Waals surface area contributed by atoms with Gasteiger partial charge in [0.1, 0.15) is 0 Å². The van der Waals surface area contributed by atoms with Crippen LogP contribution >= 0.6 is 23.2 Å². The first-order valence-corrected chi connectivity index (χ1v) is 22.7. The van der Waals surface area contributed by atoms with Crippen molar-refractivity contribution in [1.29, 1.82) is 0 Å². The summed E-state index contributed by atoms with van der Waals surface area (Å²) in [7, 11) is 0. The second-order valence-electron chi connectivity index (χ2n) is 20.9. The summed E-state index contributed by atoms with van der Waals surface area (Å²) < 4.78 is 0. The van der Waals surface area contributed by atoms with Gasteiger partial charge in [-0.3, -0.25) is 0 Å². The van der Waals surface area contributed by atoms with E-state index >= 15 is 0 Å². The van der Waals surface area contributed by atoms with Gasteiger partial charge in [-0.1, -0.05) is 163 Å². The Morgan fingerprint density at radius 1 is 0.473 bits per heavy atom. The van der Waals surface area contributed by atoms with Crippen molar-refractivity contribution in [2.24, 2.45) is 63.6 Å². The van der Waals surface area contributed by atoms with Crippen LogP contribution in [0.3, 0.4) is 0 Å². The molecule has 4 fully saturated rings. The highest BCUT2D eigenvalue weighted by molar-refractivity contribution is 6.30. The Morgan fingerprint density at radius 2 is 0.855 bits per heavy atom. The van der Waals surface area contributed by atoms with Gasteiger partial charge in [-0.25, -0.2) is 0 Å². The van der Waals surface area contributed by atoms with Crippen molar-refractivity contribution in [3.05, 3.63) is 141 Å². The monoisotopic (exact) mass is 772 g/mol. The minimum absolute atomic E-state index is 0.145. The topological polar surface area (TPSA) is 0 Å². The Labute approximate surface area is 344 Å². The Balaban J connectivity index is 1.34. The molecule has 0 amide bonds. The third-order valence-corrected chi connectivity index (χ3v) is 16.6. The molecule has 4 aromatic carbocycles. The van der Waals surface area contributed by atoms with Crippen molar-refractivity contribution in [2.45, 2.75) is 118 Å². The number of halogens is 2. The number of fused-ring (bicyclic) bond motifs is 3. The lowest BCUT2D eigenvalue weighted by molar-refractivity contribution is -0.0213. The number of rotatable bonds is 8. The summed E-state index contributed by atoms with van der Waals surface area (Å²) in [5.41, 5.74) is 6.73. The molecule has 55 heavy (non-hydrogen) atoms. The molecule has 0 saturated heterocycles. The summed E-state index contributed by atoms with van der Waals surface area (Å²) in [4.78, 5) is 0. The van der Waals surface area contributed by atoms with E-state index in [0.29, 0.717) is 47.3 Å². The van der Waals surface area contributed by atoms with E-state index in [9.17, 15) is 0 Å². The predicted octanol–water partition coefficient (Wildman–Crippen LogP) is 15.5. The summed E-state index contributed by atoms with van der Waals surface area (Å²) in [6, 6.07) is 41.6. The van der Waals surface area contributed by atoms with Gasteiger partial charge in [0.2, 0.25) is 0 Å². The van der Waals surface area contributed by atoms with Gasteiger partial charge in [-0.2, -0.15) is 0 Å². The molecule has 0 nitrogen and oxygen atoms in total. The second-order valence-corrected chi connectivity index (χ2v) is 21.8. The normalized spacial score (nSPS) is 30.2. The van der Waals surface area contributed by atoms with E-state index in [0.717, 1.165) is 34.7 Å². The van der Waals surface area contributed by atoms with Crippen molar-refractivity contribution in [3.63, 3.8) is 0 Å². The Hall–Kier alpha value is -2.54. The smallest absolute Gasteiger partial charge is 0.0406 e. The first-order valence-electron chi connectivity index (χ1n) is 21.9. The standard InChI is InChI=1S/C53H66Cl2/c1-51(2,3)48-31-44-45-32-49(52(4,5)6)43(38-17-11-8-12-18-38)30-47(45)50(46(44)29-42(48)37-15-9-7-10-16-37)53(39-19-13-14-20-39,33-35-21-25-40(54)26-22-35)34-36-23-27-41(55)28-24-36/h7-12,15-18,21-28,39,42-50H,13-14,19-20,29-34H2,1-6H3. The third kappa shape index (κ3) is 7.87. The molecule has 8 rings (SSSR count). The molecule has 8 atom stereocenters. The van der Waals surface area contributed by atoms with E-state index in [1.54, 1.807) is 11.1 Å². The van der Waals surface area contributed by atoms with E-state index in [2.05, 4.69) is 151 Å². The molecule has 4 saturated carbocycles. The fraction of sp³-hybridized carbons (Fsp3) is 0.547. The molecule has 0 radical (unpaired) electrons. The maximum absolute atomic E-state index is 6.60. The van der Waals surface area contributed by atoms with E-state index < -0.39 is 0 Å². The lowest BCUT2D eigenvalue weighted by Gasteiger charge is -2.54. The zero-order chi connectivity index (χ0) is 38.5. The fourth-order valence-electron chi connectivity index (χ4n) is 13.9. The van der Waals surface area contributed by atoms with Crippen LogP contribution in [-0.2, 0) is 12.8 Å². The second kappa shape index (κ2) is 15.7. The fourth-order valence-corrected chi connectivity index (χ4v) is 14.1. The summed E-state index contributed by atoms with van der Waals surface area (Å²) in [6.45, 7) is 15.3. The Bertz CT molecular complexity index is 1710. The van der Waals surface area contributed by atoms with Crippen LogP contribution in [0.4, 0.5) is 0 Å². The largest absolute Gasteiger partial charge is 0.0843 e. The average molecular weight is 774 g/mol. The highest BCUT2D eigenvalue weighted by Crippen LogP contribution is 2.71. The third-order valence-electron chi connectivity index (χ3n) is 16.1. The quantitative estimate of drug-likeness (QED) is 0.167. The van der Waals surface area contributed by atoms with Crippen molar-refractivity contribution in [2.75, 3.05) is 0 Å². The maximum Gasteiger partial charge on any atom is 0.0406 e. The molecule has 4 aliphatic carbocycles. The number of hydrogen-bond acceptors (Lipinski definition) is 0. The van der Waals surface area contributed by atoms with E-state index in [1.165, 1.54) is 62.5 Å². The van der Waals surface area contributed by atoms with E-state index in [-0.39, 0.29) is 16.2 Å². The average Bonchev–Trinajstić information content (AvgIpc) is 3.83. The molecule has 0 aliphatic heterocycles. The molecule has 8 unspecified atom stereocenters. The molecule has 0 N–H and O–H groups in total. The summed E-state index contributed by atoms with van der Waals surface area (Å²) in [5.74, 6) is 6.79. The van der Waals surface area contributed by atoms with Gasteiger partial charge in [-0.15, -0.1) is 0 Å². The summed E-state index contributed by atoms with van der Waals surface area (Å²) in [6.07, 6.45) is 13.1. The molecule has 0 heterocycles. The molecule has 0 aromatic heterocycles. The van der Waals surface area contributed by atoms with Gasteiger partial charge in [0.15, 0.2) is 0 Å². The van der Waals surface area contributed by atoms with Gasteiger partial charge >= 0.3 is 0 Å². The first-order chi connectivity index (χ1) is 26.3. The predicted molar refractivity (Wildman–Crippen MR) is 235 cm³/mol. The minimum Gasteiger partial charge on any atom is -0.0843 e. The molecule has 2 heteroatoms. The Morgan fingerprint density at radius 3 is 1.22 bits per heavy atom. The van der Waals surface area contributed by atoms with Gasteiger partial charge in [-0.05, 0) is 173 Å². The van der Waals surface area contributed by atoms with Crippen molar-refractivity contribution < 1.29 is 0 Å². The SMILES string of the molecule is CC(C)(C)C1CC2C3CC(C(C)(C)C)C(c4ccccc4)CC3C(C(Cc3ccc(Cl)cc3)(Cc3ccc(Cl)cc3)C3CCCC3)C2CC1c1ccccc1. The molecule has 0 bridgehead atoms. The molecule has 0 spiro atoms. The van der Waals surface area contributed by atoms with Gasteiger partial charge < -0.3 is 0 Å².